The van der Waals surface area contributed by atoms with Gasteiger partial charge in [-0.1, -0.05) is 35.0 Å². The molecule has 1 aromatic rings. The molecule has 3 nitrogen and oxygen atoms in total. The van der Waals surface area contributed by atoms with Crippen LogP contribution >= 0.6 is 15.9 Å². The Labute approximate surface area is 117 Å². The molecule has 0 aliphatic rings. The van der Waals surface area contributed by atoms with Crippen LogP contribution in [0.3, 0.4) is 0 Å². The van der Waals surface area contributed by atoms with Crippen molar-refractivity contribution in [3.05, 3.63) is 34.3 Å². The number of carbonyl (C=O) groups is 1. The number of rotatable bonds is 6. The predicted molar refractivity (Wildman–Crippen MR) is 78.2 cm³/mol. The molecule has 4 heteroatoms. The molecule has 0 heterocycles. The Balaban J connectivity index is 2.68. The Morgan fingerprint density at radius 2 is 1.94 bits per heavy atom. The van der Waals surface area contributed by atoms with Crippen LogP contribution < -0.4 is 11.1 Å². The van der Waals surface area contributed by atoms with Gasteiger partial charge in [0.25, 0.3) is 0 Å². The van der Waals surface area contributed by atoms with Gasteiger partial charge in [0.15, 0.2) is 0 Å². The Morgan fingerprint density at radius 1 is 1.39 bits per heavy atom. The Hall–Kier alpha value is -0.870. The molecule has 0 aliphatic carbocycles. The second-order valence-corrected chi connectivity index (χ2v) is 6.06. The zero-order valence-corrected chi connectivity index (χ0v) is 12.8. The number of hydrogen-bond donors (Lipinski definition) is 2. The first-order valence-corrected chi connectivity index (χ1v) is 6.95. The van der Waals surface area contributed by atoms with Gasteiger partial charge in [0.2, 0.25) is 5.91 Å². The summed E-state index contributed by atoms with van der Waals surface area (Å²) in [6.07, 6.45) is 0.969. The maximum absolute atomic E-state index is 11.3. The number of hydrogen-bond acceptors (Lipinski definition) is 2. The molecule has 0 radical (unpaired) electrons. The summed E-state index contributed by atoms with van der Waals surface area (Å²) in [4.78, 5) is 11.3. The highest BCUT2D eigenvalue weighted by molar-refractivity contribution is 9.10. The fourth-order valence-electron chi connectivity index (χ4n) is 1.66. The van der Waals surface area contributed by atoms with Gasteiger partial charge in [-0.2, -0.15) is 0 Å². The average Bonchev–Trinajstić information content (AvgIpc) is 2.31. The molecule has 1 aromatic carbocycles. The predicted octanol–water partition coefficient (Wildman–Crippen LogP) is 3.00. The molecule has 18 heavy (non-hydrogen) atoms. The van der Waals surface area contributed by atoms with Gasteiger partial charge in [0.05, 0.1) is 5.41 Å². The van der Waals surface area contributed by atoms with Crippen LogP contribution in [-0.4, -0.2) is 12.5 Å². The highest BCUT2D eigenvalue weighted by atomic mass is 79.9. The van der Waals surface area contributed by atoms with E-state index < -0.39 is 5.41 Å². The molecule has 0 saturated carbocycles. The number of carbonyl (C=O) groups excluding carboxylic acids is 1. The normalized spacial score (nSPS) is 13.3. The van der Waals surface area contributed by atoms with Crippen LogP contribution in [0.15, 0.2) is 28.7 Å². The van der Waals surface area contributed by atoms with Gasteiger partial charge < -0.3 is 11.1 Å². The second-order valence-electron chi connectivity index (χ2n) is 5.14. The van der Waals surface area contributed by atoms with Crippen molar-refractivity contribution in [3.63, 3.8) is 0 Å². The fraction of sp³-hybridized carbons (Fsp3) is 0.500. The molecule has 1 unspecified atom stereocenters. The van der Waals surface area contributed by atoms with Crippen molar-refractivity contribution in [3.8, 4) is 0 Å². The topological polar surface area (TPSA) is 55.1 Å². The molecule has 0 bridgehead atoms. The summed E-state index contributed by atoms with van der Waals surface area (Å²) >= 11 is 3.42. The second kappa shape index (κ2) is 6.34. The lowest BCUT2D eigenvalue weighted by molar-refractivity contribution is -0.125. The van der Waals surface area contributed by atoms with Crippen LogP contribution in [0.25, 0.3) is 0 Å². The molecule has 100 valence electrons. The maximum Gasteiger partial charge on any atom is 0.224 e. The van der Waals surface area contributed by atoms with Crippen molar-refractivity contribution in [2.45, 2.75) is 33.2 Å². The summed E-state index contributed by atoms with van der Waals surface area (Å²) < 4.78 is 1.07. The van der Waals surface area contributed by atoms with Gasteiger partial charge in [0, 0.05) is 17.1 Å². The number of halogens is 1. The highest BCUT2D eigenvalue weighted by Gasteiger charge is 2.25. The van der Waals surface area contributed by atoms with E-state index in [1.54, 1.807) is 0 Å². The number of benzene rings is 1. The van der Waals surface area contributed by atoms with Crippen LogP contribution in [0.5, 0.6) is 0 Å². The Bertz CT molecular complexity index is 401. The number of nitrogens with one attached hydrogen (secondary N) is 1. The number of amides is 1. The van der Waals surface area contributed by atoms with Crippen LogP contribution in [0.1, 0.15) is 38.8 Å². The lowest BCUT2D eigenvalue weighted by Gasteiger charge is -2.25. The maximum atomic E-state index is 11.3. The van der Waals surface area contributed by atoms with Crippen molar-refractivity contribution >= 4 is 21.8 Å². The van der Waals surface area contributed by atoms with E-state index in [-0.39, 0.29) is 11.9 Å². The SMILES string of the molecule is CCC(NCC(C)(C)C(N)=O)c1ccc(Br)cc1. The van der Waals surface area contributed by atoms with Crippen molar-refractivity contribution in [2.24, 2.45) is 11.1 Å². The van der Waals surface area contributed by atoms with Crippen molar-refractivity contribution in [1.82, 2.24) is 5.32 Å². The largest absolute Gasteiger partial charge is 0.369 e. The number of primary amides is 1. The van der Waals surface area contributed by atoms with Crippen LogP contribution in [-0.2, 0) is 4.79 Å². The third-order valence-electron chi connectivity index (χ3n) is 3.14. The number of nitrogens with two attached hydrogens (primary N) is 1. The minimum absolute atomic E-state index is 0.247. The first-order chi connectivity index (χ1) is 8.36. The first-order valence-electron chi connectivity index (χ1n) is 6.15. The molecule has 3 N–H and O–H groups in total. The molecule has 0 saturated heterocycles. The smallest absolute Gasteiger partial charge is 0.224 e. The Kier molecular flexibility index (Phi) is 5.35. The molecule has 1 amide bonds. The molecule has 0 aliphatic heterocycles. The monoisotopic (exact) mass is 312 g/mol. The van der Waals surface area contributed by atoms with Crippen LogP contribution in [0.4, 0.5) is 0 Å². The van der Waals surface area contributed by atoms with Gasteiger partial charge in [-0.05, 0) is 38.0 Å². The van der Waals surface area contributed by atoms with Gasteiger partial charge in [0.1, 0.15) is 0 Å². The minimum atomic E-state index is -0.525. The van der Waals surface area contributed by atoms with E-state index in [2.05, 4.69) is 40.3 Å². The van der Waals surface area contributed by atoms with Gasteiger partial charge in [-0.3, -0.25) is 4.79 Å². The van der Waals surface area contributed by atoms with E-state index >= 15 is 0 Å². The standard InChI is InChI=1S/C14H21BrN2O/c1-4-12(10-5-7-11(15)8-6-10)17-9-14(2,3)13(16)18/h5-8,12,17H,4,9H2,1-3H3,(H2,16,18). The summed E-state index contributed by atoms with van der Waals surface area (Å²) in [5, 5.41) is 3.41. The lowest BCUT2D eigenvalue weighted by atomic mass is 9.91. The van der Waals surface area contributed by atoms with Crippen LogP contribution in [0.2, 0.25) is 0 Å². The van der Waals surface area contributed by atoms with Gasteiger partial charge in [-0.25, -0.2) is 0 Å². The molecule has 1 atom stereocenters. The minimum Gasteiger partial charge on any atom is -0.369 e. The van der Waals surface area contributed by atoms with Crippen molar-refractivity contribution in [2.75, 3.05) is 6.54 Å². The highest BCUT2D eigenvalue weighted by Crippen LogP contribution is 2.21. The van der Waals surface area contributed by atoms with Gasteiger partial charge in [-0.15, -0.1) is 0 Å². The summed E-state index contributed by atoms with van der Waals surface area (Å²) in [5.74, 6) is -0.277. The summed E-state index contributed by atoms with van der Waals surface area (Å²) in [6, 6.07) is 8.47. The quantitative estimate of drug-likeness (QED) is 0.848. The third kappa shape index (κ3) is 4.10. The summed E-state index contributed by atoms with van der Waals surface area (Å²) in [7, 11) is 0. The molecular formula is C14H21BrN2O. The van der Waals surface area contributed by atoms with E-state index in [1.807, 2.05) is 26.0 Å². The fourth-order valence-corrected chi connectivity index (χ4v) is 1.92. The van der Waals surface area contributed by atoms with Crippen molar-refractivity contribution in [1.29, 1.82) is 0 Å². The van der Waals surface area contributed by atoms with Crippen LogP contribution in [0, 0.1) is 5.41 Å². The Morgan fingerprint density at radius 3 is 2.39 bits per heavy atom. The zero-order chi connectivity index (χ0) is 13.8. The lowest BCUT2D eigenvalue weighted by Crippen LogP contribution is -2.41. The van der Waals surface area contributed by atoms with E-state index in [0.717, 1.165) is 10.9 Å². The van der Waals surface area contributed by atoms with E-state index in [4.69, 9.17) is 5.73 Å². The molecule has 0 aromatic heterocycles. The van der Waals surface area contributed by atoms with Crippen molar-refractivity contribution < 1.29 is 4.79 Å². The first kappa shape index (κ1) is 15.2. The molecule has 1 rings (SSSR count). The molecular weight excluding hydrogens is 292 g/mol. The summed E-state index contributed by atoms with van der Waals surface area (Å²) in [5.41, 5.74) is 6.07. The van der Waals surface area contributed by atoms with E-state index in [9.17, 15) is 4.79 Å². The van der Waals surface area contributed by atoms with E-state index in [1.165, 1.54) is 5.56 Å². The zero-order valence-electron chi connectivity index (χ0n) is 11.2. The summed E-state index contributed by atoms with van der Waals surface area (Å²) in [6.45, 7) is 6.42. The average molecular weight is 313 g/mol. The van der Waals surface area contributed by atoms with Gasteiger partial charge >= 0.3 is 0 Å². The van der Waals surface area contributed by atoms with E-state index in [0.29, 0.717) is 6.54 Å². The molecule has 0 spiro atoms. The molecule has 0 fully saturated rings. The third-order valence-corrected chi connectivity index (χ3v) is 3.67.